The minimum absolute atomic E-state index is 0.0301. The van der Waals surface area contributed by atoms with Gasteiger partial charge in [0.15, 0.2) is 0 Å². The van der Waals surface area contributed by atoms with E-state index in [0.717, 1.165) is 5.56 Å². The first-order valence-electron chi connectivity index (χ1n) is 9.24. The summed E-state index contributed by atoms with van der Waals surface area (Å²) in [4.78, 5) is 25.6. The molecule has 29 heavy (non-hydrogen) atoms. The Labute approximate surface area is 168 Å². The van der Waals surface area contributed by atoms with Gasteiger partial charge in [0.25, 0.3) is 0 Å². The predicted molar refractivity (Wildman–Crippen MR) is 109 cm³/mol. The van der Waals surface area contributed by atoms with E-state index in [2.05, 4.69) is 5.32 Å². The number of para-hydroxylation sites is 1. The fourth-order valence-corrected chi connectivity index (χ4v) is 3.57. The van der Waals surface area contributed by atoms with Crippen LogP contribution in [0.5, 0.6) is 5.75 Å². The van der Waals surface area contributed by atoms with E-state index in [0.29, 0.717) is 17.7 Å². The number of phenols is 1. The van der Waals surface area contributed by atoms with Crippen molar-refractivity contribution in [2.24, 2.45) is 0 Å². The van der Waals surface area contributed by atoms with Crippen LogP contribution < -0.4 is 5.32 Å². The van der Waals surface area contributed by atoms with Crippen LogP contribution in [-0.4, -0.2) is 21.8 Å². The normalized spacial score (nSPS) is 14.6. The summed E-state index contributed by atoms with van der Waals surface area (Å²) < 4.78 is 0. The van der Waals surface area contributed by atoms with Crippen molar-refractivity contribution in [3.05, 3.63) is 107 Å². The van der Waals surface area contributed by atoms with Crippen molar-refractivity contribution in [2.75, 3.05) is 0 Å². The van der Waals surface area contributed by atoms with Crippen molar-refractivity contribution in [2.45, 2.75) is 12.6 Å². The van der Waals surface area contributed by atoms with Crippen LogP contribution in [-0.2, 0) is 11.3 Å². The maximum Gasteiger partial charge on any atom is 0.235 e. The molecule has 0 bridgehead atoms. The molecule has 3 aromatic rings. The summed E-state index contributed by atoms with van der Waals surface area (Å²) in [5.41, 5.74) is 1.80. The zero-order valence-electron chi connectivity index (χ0n) is 15.5. The summed E-state index contributed by atoms with van der Waals surface area (Å²) in [7, 11) is 0. The van der Waals surface area contributed by atoms with E-state index in [1.54, 1.807) is 36.4 Å². The third-order valence-corrected chi connectivity index (χ3v) is 5.02. The van der Waals surface area contributed by atoms with Gasteiger partial charge in [0.1, 0.15) is 11.5 Å². The number of hydrogen-bond acceptors (Lipinski definition) is 5. The number of nitrogens with one attached hydrogen (secondary N) is 1. The molecule has 0 radical (unpaired) electrons. The molecule has 1 atom stereocenters. The standard InChI is InChI=1S/C24H19NO4/c26-19-13-7-6-12-18(19)21(25-14-15-8-2-1-3-9-15)20-22(27)16-10-4-5-11-17(16)23(28)24(20)29/h1-13,21,25-27H,14H2. The Morgan fingerprint density at radius 1 is 0.724 bits per heavy atom. The van der Waals surface area contributed by atoms with Gasteiger partial charge < -0.3 is 15.5 Å². The number of fused-ring (bicyclic) bond motifs is 1. The maximum atomic E-state index is 12.9. The van der Waals surface area contributed by atoms with E-state index in [1.807, 2.05) is 30.3 Å². The second kappa shape index (κ2) is 7.73. The summed E-state index contributed by atoms with van der Waals surface area (Å²) in [6.07, 6.45) is 0. The molecule has 0 saturated carbocycles. The van der Waals surface area contributed by atoms with Gasteiger partial charge in [0.05, 0.1) is 11.6 Å². The van der Waals surface area contributed by atoms with Crippen LogP contribution >= 0.6 is 0 Å². The SMILES string of the molecule is O=C1C(=O)c2ccccc2C(O)=C1C(NCc1ccccc1)c1ccccc1O. The minimum atomic E-state index is -0.860. The first-order valence-corrected chi connectivity index (χ1v) is 9.24. The minimum Gasteiger partial charge on any atom is -0.508 e. The molecular weight excluding hydrogens is 366 g/mol. The molecule has 3 aromatic carbocycles. The van der Waals surface area contributed by atoms with Crippen molar-refractivity contribution < 1.29 is 19.8 Å². The monoisotopic (exact) mass is 385 g/mol. The van der Waals surface area contributed by atoms with Gasteiger partial charge in [0.2, 0.25) is 11.6 Å². The van der Waals surface area contributed by atoms with Gasteiger partial charge >= 0.3 is 0 Å². The van der Waals surface area contributed by atoms with Gasteiger partial charge in [-0.1, -0.05) is 72.8 Å². The van der Waals surface area contributed by atoms with Crippen LogP contribution in [0, 0.1) is 0 Å². The zero-order chi connectivity index (χ0) is 20.4. The van der Waals surface area contributed by atoms with Crippen molar-refractivity contribution in [1.29, 1.82) is 0 Å². The maximum absolute atomic E-state index is 12.9. The number of Topliss-reactive ketones (excluding diaryl/α,β-unsaturated/α-hetero) is 2. The predicted octanol–water partition coefficient (Wildman–Crippen LogP) is 3.96. The van der Waals surface area contributed by atoms with Crippen LogP contribution in [0.25, 0.3) is 5.76 Å². The Morgan fingerprint density at radius 3 is 2.07 bits per heavy atom. The quantitative estimate of drug-likeness (QED) is 0.579. The lowest BCUT2D eigenvalue weighted by molar-refractivity contribution is -0.112. The number of ketones is 2. The number of aromatic hydroxyl groups is 1. The first kappa shape index (κ1) is 18.7. The molecule has 144 valence electrons. The fourth-order valence-electron chi connectivity index (χ4n) is 3.57. The van der Waals surface area contributed by atoms with Gasteiger partial charge in [0, 0.05) is 23.2 Å². The Bertz CT molecular complexity index is 1120. The molecule has 0 aromatic heterocycles. The molecule has 0 heterocycles. The molecule has 0 spiro atoms. The van der Waals surface area contributed by atoms with Gasteiger partial charge in [-0.05, 0) is 11.6 Å². The number of hydrogen-bond donors (Lipinski definition) is 3. The second-order valence-electron chi connectivity index (χ2n) is 6.82. The van der Waals surface area contributed by atoms with Crippen LogP contribution in [0.15, 0.2) is 84.4 Å². The lowest BCUT2D eigenvalue weighted by atomic mass is 9.83. The average Bonchev–Trinajstić information content (AvgIpc) is 2.76. The number of phenolic OH excluding ortho intramolecular Hbond substituents is 1. The highest BCUT2D eigenvalue weighted by atomic mass is 16.3. The molecule has 5 nitrogen and oxygen atoms in total. The lowest BCUT2D eigenvalue weighted by Gasteiger charge is -2.26. The highest BCUT2D eigenvalue weighted by molar-refractivity contribution is 6.52. The number of benzene rings is 3. The molecule has 0 saturated heterocycles. The summed E-state index contributed by atoms with van der Waals surface area (Å²) in [6, 6.07) is 21.7. The summed E-state index contributed by atoms with van der Waals surface area (Å²) in [5, 5.41) is 24.5. The van der Waals surface area contributed by atoms with Gasteiger partial charge in [-0.2, -0.15) is 0 Å². The van der Waals surface area contributed by atoms with Crippen molar-refractivity contribution in [1.82, 2.24) is 5.32 Å². The van der Waals surface area contributed by atoms with E-state index < -0.39 is 17.6 Å². The topological polar surface area (TPSA) is 86.6 Å². The smallest absolute Gasteiger partial charge is 0.235 e. The number of rotatable bonds is 5. The Balaban J connectivity index is 1.83. The van der Waals surface area contributed by atoms with Crippen LogP contribution in [0.3, 0.4) is 0 Å². The van der Waals surface area contributed by atoms with Crippen molar-refractivity contribution in [3.8, 4) is 5.75 Å². The Hall–Kier alpha value is -3.70. The number of aliphatic hydroxyl groups excluding tert-OH is 1. The molecule has 5 heteroatoms. The number of carbonyl (C=O) groups excluding carboxylic acids is 2. The third-order valence-electron chi connectivity index (χ3n) is 5.02. The second-order valence-corrected chi connectivity index (χ2v) is 6.82. The third kappa shape index (κ3) is 3.44. The first-order chi connectivity index (χ1) is 14.1. The zero-order valence-corrected chi connectivity index (χ0v) is 15.5. The summed E-state index contributed by atoms with van der Waals surface area (Å²) in [6.45, 7) is 0.375. The fraction of sp³-hybridized carbons (Fsp3) is 0.0833. The van der Waals surface area contributed by atoms with Gasteiger partial charge in [-0.3, -0.25) is 9.59 Å². The Kier molecular flexibility index (Phi) is 4.97. The van der Waals surface area contributed by atoms with Crippen LogP contribution in [0.1, 0.15) is 33.1 Å². The van der Waals surface area contributed by atoms with Crippen molar-refractivity contribution in [3.63, 3.8) is 0 Å². The molecule has 3 N–H and O–H groups in total. The lowest BCUT2D eigenvalue weighted by Crippen LogP contribution is -2.33. The molecule has 0 aliphatic heterocycles. The van der Waals surface area contributed by atoms with E-state index in [9.17, 15) is 19.8 Å². The number of aliphatic hydroxyl groups is 1. The molecule has 4 rings (SSSR count). The summed E-state index contributed by atoms with van der Waals surface area (Å²) in [5.74, 6) is -1.73. The van der Waals surface area contributed by atoms with E-state index in [-0.39, 0.29) is 22.6 Å². The number of carbonyl (C=O) groups is 2. The molecule has 0 amide bonds. The molecule has 1 unspecified atom stereocenters. The largest absolute Gasteiger partial charge is 0.508 e. The highest BCUT2D eigenvalue weighted by Crippen LogP contribution is 2.37. The Morgan fingerprint density at radius 2 is 1.34 bits per heavy atom. The summed E-state index contributed by atoms with van der Waals surface area (Å²) >= 11 is 0. The molecule has 0 fully saturated rings. The molecule has 1 aliphatic rings. The van der Waals surface area contributed by atoms with Crippen LogP contribution in [0.4, 0.5) is 0 Å². The van der Waals surface area contributed by atoms with E-state index >= 15 is 0 Å². The average molecular weight is 385 g/mol. The molecular formula is C24H19NO4. The van der Waals surface area contributed by atoms with Gasteiger partial charge in [-0.15, -0.1) is 0 Å². The van der Waals surface area contributed by atoms with E-state index in [1.165, 1.54) is 12.1 Å². The van der Waals surface area contributed by atoms with Gasteiger partial charge in [-0.25, -0.2) is 0 Å². The van der Waals surface area contributed by atoms with Crippen LogP contribution in [0.2, 0.25) is 0 Å². The highest BCUT2D eigenvalue weighted by Gasteiger charge is 2.38. The van der Waals surface area contributed by atoms with E-state index in [4.69, 9.17) is 0 Å². The van der Waals surface area contributed by atoms with Crippen molar-refractivity contribution >= 4 is 17.3 Å². The molecule has 1 aliphatic carbocycles.